The Kier molecular flexibility index (Phi) is 4.37. The predicted molar refractivity (Wildman–Crippen MR) is 80.2 cm³/mol. The van der Waals surface area contributed by atoms with E-state index in [9.17, 15) is 9.59 Å². The topological polar surface area (TPSA) is 91.3 Å². The number of hydrogen-bond donors (Lipinski definition) is 3. The largest absolute Gasteiger partial charge is 0.480 e. The highest BCUT2D eigenvalue weighted by atomic mass is 16.4. The van der Waals surface area contributed by atoms with Gasteiger partial charge in [0, 0.05) is 5.39 Å². The predicted octanol–water partition coefficient (Wildman–Crippen LogP) is 2.47. The average Bonchev–Trinajstić information content (AvgIpc) is 2.44. The van der Waals surface area contributed by atoms with Gasteiger partial charge in [-0.3, -0.25) is 4.98 Å². The van der Waals surface area contributed by atoms with Crippen molar-refractivity contribution in [1.29, 1.82) is 0 Å². The van der Waals surface area contributed by atoms with Crippen LogP contribution in [-0.2, 0) is 4.79 Å². The number of rotatable bonds is 4. The summed E-state index contributed by atoms with van der Waals surface area (Å²) < 4.78 is 0. The maximum absolute atomic E-state index is 11.9. The number of benzene rings is 1. The number of carbonyl (C=O) groups excluding carboxylic acids is 1. The van der Waals surface area contributed by atoms with Crippen LogP contribution in [0.5, 0.6) is 0 Å². The van der Waals surface area contributed by atoms with Crippen LogP contribution in [0.15, 0.2) is 36.5 Å². The molecule has 0 saturated carbocycles. The first-order valence-corrected chi connectivity index (χ1v) is 6.62. The summed E-state index contributed by atoms with van der Waals surface area (Å²) in [6.45, 7) is 3.47. The Morgan fingerprint density at radius 2 is 1.95 bits per heavy atom. The van der Waals surface area contributed by atoms with Gasteiger partial charge in [-0.15, -0.1) is 0 Å². The van der Waals surface area contributed by atoms with E-state index in [1.54, 1.807) is 19.9 Å². The molecule has 2 aromatic rings. The van der Waals surface area contributed by atoms with Gasteiger partial charge in [-0.2, -0.15) is 0 Å². The van der Waals surface area contributed by atoms with Gasteiger partial charge in [-0.1, -0.05) is 32.0 Å². The quantitative estimate of drug-likeness (QED) is 0.805. The van der Waals surface area contributed by atoms with Crippen molar-refractivity contribution in [2.45, 2.75) is 19.9 Å². The lowest BCUT2D eigenvalue weighted by Crippen LogP contribution is -2.46. The summed E-state index contributed by atoms with van der Waals surface area (Å²) in [5.41, 5.74) is 1.34. The number of pyridine rings is 1. The highest BCUT2D eigenvalue weighted by Crippen LogP contribution is 2.16. The molecule has 21 heavy (non-hydrogen) atoms. The minimum absolute atomic E-state index is 0.206. The van der Waals surface area contributed by atoms with E-state index >= 15 is 0 Å². The summed E-state index contributed by atoms with van der Waals surface area (Å²) in [5.74, 6) is -1.26. The number of hydrogen-bond acceptors (Lipinski definition) is 3. The maximum atomic E-state index is 11.9. The first kappa shape index (κ1) is 14.8. The fourth-order valence-electron chi connectivity index (χ4n) is 1.96. The summed E-state index contributed by atoms with van der Waals surface area (Å²) in [7, 11) is 0. The van der Waals surface area contributed by atoms with Gasteiger partial charge >= 0.3 is 12.0 Å². The highest BCUT2D eigenvalue weighted by molar-refractivity contribution is 5.94. The molecular weight excluding hydrogens is 270 g/mol. The van der Waals surface area contributed by atoms with Gasteiger partial charge in [0.2, 0.25) is 0 Å². The first-order chi connectivity index (χ1) is 9.97. The number of urea groups is 1. The Labute approximate surface area is 122 Å². The fourth-order valence-corrected chi connectivity index (χ4v) is 1.96. The van der Waals surface area contributed by atoms with Crippen molar-refractivity contribution in [2.75, 3.05) is 5.32 Å². The Balaban J connectivity index is 2.08. The van der Waals surface area contributed by atoms with Crippen molar-refractivity contribution in [3.63, 3.8) is 0 Å². The van der Waals surface area contributed by atoms with Crippen molar-refractivity contribution in [3.8, 4) is 0 Å². The van der Waals surface area contributed by atoms with E-state index in [1.807, 2.05) is 24.3 Å². The van der Waals surface area contributed by atoms with Gasteiger partial charge < -0.3 is 15.7 Å². The summed E-state index contributed by atoms with van der Waals surface area (Å²) in [6, 6.07) is 7.82. The maximum Gasteiger partial charge on any atom is 0.326 e. The minimum atomic E-state index is -1.06. The van der Waals surface area contributed by atoms with E-state index in [0.29, 0.717) is 5.69 Å². The molecule has 1 heterocycles. The number of carboxylic acids is 1. The zero-order chi connectivity index (χ0) is 15.4. The van der Waals surface area contributed by atoms with Crippen LogP contribution in [0.2, 0.25) is 0 Å². The molecule has 0 aliphatic carbocycles. The van der Waals surface area contributed by atoms with Gasteiger partial charge in [0.15, 0.2) is 0 Å². The van der Waals surface area contributed by atoms with Gasteiger partial charge in [-0.25, -0.2) is 9.59 Å². The molecule has 1 unspecified atom stereocenters. The third-order valence-electron chi connectivity index (χ3n) is 3.07. The molecule has 3 N–H and O–H groups in total. The molecule has 110 valence electrons. The normalized spacial score (nSPS) is 12.1. The monoisotopic (exact) mass is 287 g/mol. The average molecular weight is 287 g/mol. The number of aliphatic carboxylic acids is 1. The highest BCUT2D eigenvalue weighted by Gasteiger charge is 2.23. The lowest BCUT2D eigenvalue weighted by Gasteiger charge is -2.18. The molecule has 6 nitrogen and oxygen atoms in total. The zero-order valence-corrected chi connectivity index (χ0v) is 11.8. The van der Waals surface area contributed by atoms with E-state index in [0.717, 1.165) is 10.9 Å². The van der Waals surface area contributed by atoms with Crippen LogP contribution in [0, 0.1) is 5.92 Å². The second-order valence-corrected chi connectivity index (χ2v) is 5.08. The molecule has 0 spiro atoms. The lowest BCUT2D eigenvalue weighted by atomic mass is 10.1. The molecule has 2 rings (SSSR count). The fraction of sp³-hybridized carbons (Fsp3) is 0.267. The number of nitrogens with zero attached hydrogens (tertiary/aromatic N) is 1. The Bertz CT molecular complexity index is 670. The number of para-hydroxylation sites is 1. The van der Waals surface area contributed by atoms with Crippen molar-refractivity contribution in [3.05, 3.63) is 36.5 Å². The van der Waals surface area contributed by atoms with Crippen molar-refractivity contribution >= 4 is 28.6 Å². The van der Waals surface area contributed by atoms with Crippen molar-refractivity contribution in [2.24, 2.45) is 5.92 Å². The van der Waals surface area contributed by atoms with Gasteiger partial charge in [-0.05, 0) is 18.1 Å². The molecule has 0 fully saturated rings. The second-order valence-electron chi connectivity index (χ2n) is 5.08. The zero-order valence-electron chi connectivity index (χ0n) is 11.8. The van der Waals surface area contributed by atoms with Crippen molar-refractivity contribution in [1.82, 2.24) is 10.3 Å². The van der Waals surface area contributed by atoms with Crippen LogP contribution in [-0.4, -0.2) is 28.1 Å². The van der Waals surface area contributed by atoms with E-state index in [1.165, 1.54) is 6.20 Å². The van der Waals surface area contributed by atoms with Crippen LogP contribution in [0.4, 0.5) is 10.5 Å². The molecule has 0 aliphatic rings. The number of nitrogens with one attached hydrogen (secondary N) is 2. The smallest absolute Gasteiger partial charge is 0.326 e. The number of carbonyl (C=O) groups is 2. The van der Waals surface area contributed by atoms with Gasteiger partial charge in [0.05, 0.1) is 17.4 Å². The van der Waals surface area contributed by atoms with Crippen LogP contribution in [0.1, 0.15) is 13.8 Å². The van der Waals surface area contributed by atoms with E-state index < -0.39 is 18.0 Å². The molecule has 0 bridgehead atoms. The number of anilines is 1. The van der Waals surface area contributed by atoms with Crippen LogP contribution < -0.4 is 10.6 Å². The lowest BCUT2D eigenvalue weighted by molar-refractivity contribution is -0.140. The van der Waals surface area contributed by atoms with Crippen molar-refractivity contribution < 1.29 is 14.7 Å². The Morgan fingerprint density at radius 1 is 1.24 bits per heavy atom. The summed E-state index contributed by atoms with van der Waals surface area (Å²) in [4.78, 5) is 27.1. The minimum Gasteiger partial charge on any atom is -0.480 e. The number of fused-ring (bicyclic) bond motifs is 1. The van der Waals surface area contributed by atoms with Gasteiger partial charge in [0.1, 0.15) is 6.04 Å². The molecule has 2 amide bonds. The number of carboxylic acid groups (broad SMARTS) is 1. The molecule has 6 heteroatoms. The Morgan fingerprint density at radius 3 is 2.62 bits per heavy atom. The summed E-state index contributed by atoms with van der Waals surface area (Å²) >= 11 is 0. The Hall–Kier alpha value is -2.63. The molecule has 0 aliphatic heterocycles. The first-order valence-electron chi connectivity index (χ1n) is 6.62. The SMILES string of the molecule is CC(C)C(NC(=O)Nc1cnc2ccccc2c1)C(=O)O. The molecular formula is C15H17N3O3. The van der Waals surface area contributed by atoms with E-state index in [4.69, 9.17) is 5.11 Å². The molecule has 0 saturated heterocycles. The molecule has 1 atom stereocenters. The van der Waals surface area contributed by atoms with E-state index in [-0.39, 0.29) is 5.92 Å². The third kappa shape index (κ3) is 3.68. The van der Waals surface area contributed by atoms with Crippen LogP contribution in [0.3, 0.4) is 0 Å². The van der Waals surface area contributed by atoms with E-state index in [2.05, 4.69) is 15.6 Å². The summed E-state index contributed by atoms with van der Waals surface area (Å²) in [5, 5.41) is 15.0. The van der Waals surface area contributed by atoms with Crippen LogP contribution in [0.25, 0.3) is 10.9 Å². The standard InChI is InChI=1S/C15H17N3O3/c1-9(2)13(14(19)20)18-15(21)17-11-7-10-5-3-4-6-12(10)16-8-11/h3-9,13H,1-2H3,(H,19,20)(H2,17,18,21). The third-order valence-corrected chi connectivity index (χ3v) is 3.07. The summed E-state index contributed by atoms with van der Waals surface area (Å²) in [6.07, 6.45) is 1.53. The second kappa shape index (κ2) is 6.21. The molecule has 1 aromatic heterocycles. The van der Waals surface area contributed by atoms with Crippen LogP contribution >= 0.6 is 0 Å². The number of amides is 2. The molecule has 0 radical (unpaired) electrons. The van der Waals surface area contributed by atoms with Gasteiger partial charge in [0.25, 0.3) is 0 Å². The molecule has 1 aromatic carbocycles. The number of aromatic nitrogens is 1.